The lowest BCUT2D eigenvalue weighted by Gasteiger charge is -2.31. The van der Waals surface area contributed by atoms with E-state index in [1.54, 1.807) is 0 Å². The number of hydrogen-bond donors (Lipinski definition) is 0. The zero-order valence-corrected chi connectivity index (χ0v) is 34.9. The molecule has 2 heteroatoms. The highest BCUT2D eigenvalue weighted by Gasteiger charge is 2.36. The van der Waals surface area contributed by atoms with E-state index in [9.17, 15) is 0 Å². The first-order chi connectivity index (χ1) is 30.0. The van der Waals surface area contributed by atoms with Gasteiger partial charge in [0.2, 0.25) is 0 Å². The van der Waals surface area contributed by atoms with Crippen LogP contribution in [0.15, 0.2) is 206 Å². The molecule has 0 aliphatic heterocycles. The maximum Gasteiger partial charge on any atom is 0.0496 e. The number of benzene rings is 9. The molecule has 0 saturated heterocycles. The van der Waals surface area contributed by atoms with E-state index in [-0.39, 0.29) is 5.41 Å². The molecule has 0 N–H and O–H groups in total. The fourth-order valence-corrected chi connectivity index (χ4v) is 9.93. The van der Waals surface area contributed by atoms with Crippen molar-refractivity contribution in [1.82, 2.24) is 0 Å². The van der Waals surface area contributed by atoms with E-state index < -0.39 is 0 Å². The molecule has 9 aromatic carbocycles. The second-order valence-electron chi connectivity index (χ2n) is 17.3. The highest BCUT2D eigenvalue weighted by Crippen LogP contribution is 2.52. The molecule has 5 aliphatic carbocycles. The van der Waals surface area contributed by atoms with Crippen LogP contribution in [0.4, 0.5) is 34.1 Å². The Morgan fingerprint density at radius 2 is 0.836 bits per heavy atom. The van der Waals surface area contributed by atoms with Crippen molar-refractivity contribution in [1.29, 1.82) is 0 Å². The topological polar surface area (TPSA) is 6.48 Å². The fourth-order valence-electron chi connectivity index (χ4n) is 9.93. The van der Waals surface area contributed by atoms with Gasteiger partial charge in [-0.15, -0.1) is 0 Å². The summed E-state index contributed by atoms with van der Waals surface area (Å²) in [4.78, 5) is 4.99. The molecule has 0 fully saturated rings. The van der Waals surface area contributed by atoms with Gasteiger partial charge < -0.3 is 9.80 Å². The van der Waals surface area contributed by atoms with E-state index in [0.717, 1.165) is 25.7 Å². The second-order valence-corrected chi connectivity index (χ2v) is 17.3. The number of rotatable bonds is 7. The molecule has 0 amide bonds. The maximum atomic E-state index is 2.55. The monoisotopic (exact) mass is 784 g/mol. The molecule has 9 aromatic rings. The lowest BCUT2D eigenvalue weighted by atomic mass is 9.81. The fraction of sp³-hybridized carbons (Fsp3) is 0.119. The largest absolute Gasteiger partial charge is 0.310 e. The Morgan fingerprint density at radius 3 is 1.46 bits per heavy atom. The molecule has 14 rings (SSSR count). The minimum atomic E-state index is -0.168. The minimum Gasteiger partial charge on any atom is -0.310 e. The summed E-state index contributed by atoms with van der Waals surface area (Å²) in [6.45, 7) is 4.80. The highest BCUT2D eigenvalue weighted by atomic mass is 15.2. The van der Waals surface area contributed by atoms with Gasteiger partial charge in [-0.2, -0.15) is 0 Å². The third-order valence-electron chi connectivity index (χ3n) is 13.2. The molecule has 0 heterocycles. The predicted molar refractivity (Wildman–Crippen MR) is 258 cm³/mol. The van der Waals surface area contributed by atoms with Gasteiger partial charge in [0.05, 0.1) is 0 Å². The summed E-state index contributed by atoms with van der Waals surface area (Å²) in [5, 5.41) is 2.49. The number of para-hydroxylation sites is 2. The van der Waals surface area contributed by atoms with Crippen molar-refractivity contribution < 1.29 is 0 Å². The molecule has 2 nitrogen and oxygen atoms in total. The Bertz CT molecular complexity index is 3020. The molecule has 0 atom stereocenters. The van der Waals surface area contributed by atoms with Gasteiger partial charge in [-0.3, -0.25) is 0 Å². The van der Waals surface area contributed by atoms with Gasteiger partial charge in [0.25, 0.3) is 0 Å². The molecule has 0 saturated carbocycles. The van der Waals surface area contributed by atoms with Crippen molar-refractivity contribution in [2.45, 2.75) is 44.9 Å². The molecule has 4 bridgehead atoms. The molecule has 294 valence electrons. The Morgan fingerprint density at radius 1 is 0.344 bits per heavy atom. The third kappa shape index (κ3) is 6.69. The third-order valence-corrected chi connectivity index (χ3v) is 13.2. The average molecular weight is 785 g/mol. The van der Waals surface area contributed by atoms with Crippen LogP contribution in [0.1, 0.15) is 47.2 Å². The van der Waals surface area contributed by atoms with Gasteiger partial charge in [0.1, 0.15) is 0 Å². The highest BCUT2D eigenvalue weighted by molar-refractivity contribution is 5.92. The van der Waals surface area contributed by atoms with Crippen molar-refractivity contribution in [2.75, 3.05) is 9.80 Å². The van der Waals surface area contributed by atoms with Gasteiger partial charge in [0, 0.05) is 39.5 Å². The van der Waals surface area contributed by atoms with Crippen molar-refractivity contribution in [3.8, 4) is 22.3 Å². The van der Waals surface area contributed by atoms with Crippen LogP contribution in [-0.4, -0.2) is 0 Å². The van der Waals surface area contributed by atoms with E-state index in [2.05, 4.69) is 230 Å². The standard InChI is InChI=1S/C59H48N2/c1-59(2)55-39-48(43-14-6-3-7-15-43)31-34-53(55)54-35-33-52(40-56(54)59)61(51-32-30-44-16-12-13-17-47(44)38-51)58-37-42-23-27-45-26-22-41(24-28-46(58)29-25-42)36-57(45)60(49-18-8-4-9-19-49)50-20-10-5-11-21-50/h3-22,25-26,29-40H,23-24,27-28H2,1-2H3. The Balaban J connectivity index is 1.02. The zero-order chi connectivity index (χ0) is 40.9. The van der Waals surface area contributed by atoms with Gasteiger partial charge >= 0.3 is 0 Å². The Hall–Kier alpha value is -7.16. The quantitative estimate of drug-likeness (QED) is 0.159. The van der Waals surface area contributed by atoms with Crippen LogP contribution >= 0.6 is 0 Å². The molecular formula is C59H48N2. The average Bonchev–Trinajstić information content (AvgIpc) is 3.53. The first kappa shape index (κ1) is 36.9. The lowest BCUT2D eigenvalue weighted by Crippen LogP contribution is -2.18. The van der Waals surface area contributed by atoms with E-state index in [1.807, 2.05) is 0 Å². The molecule has 0 radical (unpaired) electrons. The van der Waals surface area contributed by atoms with Crippen LogP contribution in [0.5, 0.6) is 0 Å². The first-order valence-electron chi connectivity index (χ1n) is 21.8. The van der Waals surface area contributed by atoms with Crippen LogP contribution in [0.2, 0.25) is 0 Å². The minimum absolute atomic E-state index is 0.168. The first-order valence-corrected chi connectivity index (χ1v) is 21.8. The van der Waals surface area contributed by atoms with E-state index in [4.69, 9.17) is 0 Å². The summed E-state index contributed by atoms with van der Waals surface area (Å²) in [6.07, 6.45) is 3.70. The molecule has 0 unspecified atom stereocenters. The summed E-state index contributed by atoms with van der Waals surface area (Å²) in [5.74, 6) is 0. The normalized spacial score (nSPS) is 13.6. The SMILES string of the molecule is CC1(C)c2cc(-c3ccccc3)ccc2-c2ccc(N(c3ccc4ccccc4c3)c3cc4ccc3CCc3ccc(c(N(c5ccccc5)c5ccccc5)c3)CC4)cc21. The molecule has 0 spiro atoms. The zero-order valence-electron chi connectivity index (χ0n) is 34.9. The molecule has 5 aliphatic rings. The van der Waals surface area contributed by atoms with Crippen LogP contribution in [0.25, 0.3) is 33.0 Å². The molecule has 61 heavy (non-hydrogen) atoms. The number of nitrogens with zero attached hydrogens (tertiary/aromatic N) is 2. The number of aryl methyl sites for hydroxylation is 4. The number of anilines is 6. The summed E-state index contributed by atoms with van der Waals surface area (Å²) in [7, 11) is 0. The Labute approximate surface area is 360 Å². The van der Waals surface area contributed by atoms with Crippen LogP contribution in [0.3, 0.4) is 0 Å². The second kappa shape index (κ2) is 15.1. The summed E-state index contributed by atoms with van der Waals surface area (Å²) >= 11 is 0. The van der Waals surface area contributed by atoms with Gasteiger partial charge in [0.15, 0.2) is 0 Å². The number of hydrogen-bond acceptors (Lipinski definition) is 2. The van der Waals surface area contributed by atoms with Crippen LogP contribution in [0, 0.1) is 0 Å². The van der Waals surface area contributed by atoms with Crippen LogP contribution in [-0.2, 0) is 31.1 Å². The van der Waals surface area contributed by atoms with Crippen molar-refractivity contribution in [2.24, 2.45) is 0 Å². The van der Waals surface area contributed by atoms with E-state index >= 15 is 0 Å². The maximum absolute atomic E-state index is 2.55. The smallest absolute Gasteiger partial charge is 0.0496 e. The van der Waals surface area contributed by atoms with Gasteiger partial charge in [-0.05, 0) is 159 Å². The van der Waals surface area contributed by atoms with Gasteiger partial charge in [-0.1, -0.05) is 153 Å². The summed E-state index contributed by atoms with van der Waals surface area (Å²) < 4.78 is 0. The van der Waals surface area contributed by atoms with E-state index in [0.29, 0.717) is 0 Å². The molecule has 0 aromatic heterocycles. The Kier molecular flexibility index (Phi) is 9.16. The van der Waals surface area contributed by atoms with Crippen LogP contribution < -0.4 is 9.80 Å². The van der Waals surface area contributed by atoms with E-state index in [1.165, 1.54) is 101 Å². The lowest BCUT2D eigenvalue weighted by molar-refractivity contribution is 0.660. The van der Waals surface area contributed by atoms with Crippen molar-refractivity contribution in [3.63, 3.8) is 0 Å². The molecular weight excluding hydrogens is 737 g/mol. The van der Waals surface area contributed by atoms with Crippen molar-refractivity contribution in [3.05, 3.63) is 240 Å². The van der Waals surface area contributed by atoms with Gasteiger partial charge in [-0.25, -0.2) is 0 Å². The summed E-state index contributed by atoms with van der Waals surface area (Å²) in [6, 6.07) is 76.9. The summed E-state index contributed by atoms with van der Waals surface area (Å²) in [5.41, 5.74) is 20.4. The van der Waals surface area contributed by atoms with Crippen molar-refractivity contribution >= 4 is 44.9 Å². The number of fused-ring (bicyclic) bond motifs is 4. The predicted octanol–water partition coefficient (Wildman–Crippen LogP) is 15.6.